The monoisotopic (exact) mass is 348 g/mol. The van der Waals surface area contributed by atoms with Gasteiger partial charge in [-0.15, -0.1) is 0 Å². The predicted molar refractivity (Wildman–Crippen MR) is 99.6 cm³/mol. The molecule has 1 unspecified atom stereocenters. The van der Waals surface area contributed by atoms with E-state index in [1.165, 1.54) is 0 Å². The Bertz CT molecular complexity index is 970. The van der Waals surface area contributed by atoms with E-state index < -0.39 is 11.9 Å². The van der Waals surface area contributed by atoms with E-state index in [0.29, 0.717) is 17.5 Å². The number of hydrogen-bond donors (Lipinski definition) is 2. The summed E-state index contributed by atoms with van der Waals surface area (Å²) in [5.41, 5.74) is 9.82. The maximum absolute atomic E-state index is 12.6. The van der Waals surface area contributed by atoms with Gasteiger partial charge in [-0.2, -0.15) is 0 Å². The molecule has 0 radical (unpaired) electrons. The SMILES string of the molecule is Cc1nc2ccc(C(=O)NC(Cc3ccccc3)C(N)=O)cc2nc1C. The Morgan fingerprint density at radius 2 is 1.65 bits per heavy atom. The van der Waals surface area contributed by atoms with Crippen molar-refractivity contribution in [2.75, 3.05) is 0 Å². The lowest BCUT2D eigenvalue weighted by atomic mass is 10.0. The Hall–Kier alpha value is -3.28. The summed E-state index contributed by atoms with van der Waals surface area (Å²) in [6.45, 7) is 3.76. The predicted octanol–water partition coefficient (Wildman–Crippen LogP) is 2.07. The molecule has 6 nitrogen and oxygen atoms in total. The molecule has 0 spiro atoms. The number of fused-ring (bicyclic) bond motifs is 1. The molecular formula is C20H20N4O2. The molecule has 0 bridgehead atoms. The minimum absolute atomic E-state index is 0.341. The van der Waals surface area contributed by atoms with Crippen LogP contribution in [0.25, 0.3) is 11.0 Å². The maximum atomic E-state index is 12.6. The van der Waals surface area contributed by atoms with Crippen LogP contribution in [-0.4, -0.2) is 27.8 Å². The number of rotatable bonds is 5. The number of nitrogens with two attached hydrogens (primary N) is 1. The highest BCUT2D eigenvalue weighted by molar-refractivity contribution is 5.99. The van der Waals surface area contributed by atoms with Crippen LogP contribution >= 0.6 is 0 Å². The zero-order valence-corrected chi connectivity index (χ0v) is 14.7. The van der Waals surface area contributed by atoms with Gasteiger partial charge in [-0.25, -0.2) is 9.97 Å². The van der Waals surface area contributed by atoms with Gasteiger partial charge < -0.3 is 11.1 Å². The van der Waals surface area contributed by atoms with E-state index in [2.05, 4.69) is 15.3 Å². The molecule has 0 fully saturated rings. The molecule has 2 aromatic carbocycles. The Morgan fingerprint density at radius 1 is 1.00 bits per heavy atom. The van der Waals surface area contributed by atoms with Gasteiger partial charge in [-0.1, -0.05) is 30.3 Å². The van der Waals surface area contributed by atoms with Crippen molar-refractivity contribution in [3.63, 3.8) is 0 Å². The van der Waals surface area contributed by atoms with Crippen LogP contribution in [0.15, 0.2) is 48.5 Å². The number of aromatic nitrogens is 2. The number of aryl methyl sites for hydroxylation is 2. The number of hydrogen-bond acceptors (Lipinski definition) is 4. The normalized spacial score (nSPS) is 11.9. The molecule has 2 amide bonds. The summed E-state index contributed by atoms with van der Waals surface area (Å²) < 4.78 is 0. The molecule has 3 aromatic rings. The Balaban J connectivity index is 1.82. The van der Waals surface area contributed by atoms with Crippen molar-refractivity contribution in [2.24, 2.45) is 5.73 Å². The number of carbonyl (C=O) groups excluding carboxylic acids is 2. The van der Waals surface area contributed by atoms with E-state index in [0.717, 1.165) is 22.5 Å². The molecule has 0 aliphatic rings. The first-order valence-electron chi connectivity index (χ1n) is 8.33. The molecule has 26 heavy (non-hydrogen) atoms. The molecule has 0 saturated heterocycles. The third-order valence-corrected chi connectivity index (χ3v) is 4.27. The second-order valence-electron chi connectivity index (χ2n) is 6.22. The highest BCUT2D eigenvalue weighted by Crippen LogP contribution is 2.15. The molecule has 6 heteroatoms. The lowest BCUT2D eigenvalue weighted by molar-refractivity contribution is -0.119. The number of amides is 2. The first-order chi connectivity index (χ1) is 12.4. The lowest BCUT2D eigenvalue weighted by Gasteiger charge is -2.16. The van der Waals surface area contributed by atoms with E-state index in [1.54, 1.807) is 18.2 Å². The van der Waals surface area contributed by atoms with Gasteiger partial charge in [-0.05, 0) is 37.6 Å². The van der Waals surface area contributed by atoms with Crippen molar-refractivity contribution < 1.29 is 9.59 Å². The average molecular weight is 348 g/mol. The topological polar surface area (TPSA) is 98.0 Å². The van der Waals surface area contributed by atoms with E-state index in [4.69, 9.17) is 5.73 Å². The van der Waals surface area contributed by atoms with E-state index in [9.17, 15) is 9.59 Å². The van der Waals surface area contributed by atoms with Crippen molar-refractivity contribution in [1.82, 2.24) is 15.3 Å². The molecule has 0 aliphatic carbocycles. The van der Waals surface area contributed by atoms with Gasteiger partial charge in [0.25, 0.3) is 5.91 Å². The first-order valence-corrected chi connectivity index (χ1v) is 8.33. The number of benzene rings is 2. The maximum Gasteiger partial charge on any atom is 0.252 e. The van der Waals surface area contributed by atoms with Crippen molar-refractivity contribution in [3.8, 4) is 0 Å². The minimum Gasteiger partial charge on any atom is -0.368 e. The Morgan fingerprint density at radius 3 is 2.31 bits per heavy atom. The fraction of sp³-hybridized carbons (Fsp3) is 0.200. The third kappa shape index (κ3) is 3.85. The lowest BCUT2D eigenvalue weighted by Crippen LogP contribution is -2.45. The van der Waals surface area contributed by atoms with Crippen LogP contribution in [0.4, 0.5) is 0 Å². The smallest absolute Gasteiger partial charge is 0.252 e. The second-order valence-corrected chi connectivity index (χ2v) is 6.22. The summed E-state index contributed by atoms with van der Waals surface area (Å²) >= 11 is 0. The van der Waals surface area contributed by atoms with Crippen molar-refractivity contribution in [3.05, 3.63) is 71.0 Å². The van der Waals surface area contributed by atoms with Crippen LogP contribution in [0.5, 0.6) is 0 Å². The molecule has 3 N–H and O–H groups in total. The summed E-state index contributed by atoms with van der Waals surface area (Å²) in [6, 6.07) is 13.7. The van der Waals surface area contributed by atoms with Crippen LogP contribution in [-0.2, 0) is 11.2 Å². The molecule has 3 rings (SSSR count). The van der Waals surface area contributed by atoms with Gasteiger partial charge in [0.15, 0.2) is 0 Å². The van der Waals surface area contributed by atoms with Gasteiger partial charge in [0.1, 0.15) is 6.04 Å². The zero-order valence-electron chi connectivity index (χ0n) is 14.7. The second kappa shape index (κ2) is 7.31. The van der Waals surface area contributed by atoms with Crippen LogP contribution in [0.3, 0.4) is 0 Å². The fourth-order valence-corrected chi connectivity index (χ4v) is 2.69. The highest BCUT2D eigenvalue weighted by atomic mass is 16.2. The Labute approximate surface area is 151 Å². The van der Waals surface area contributed by atoms with Gasteiger partial charge in [0, 0.05) is 12.0 Å². The molecule has 0 saturated carbocycles. The number of primary amides is 1. The Kier molecular flexibility index (Phi) is 4.93. The summed E-state index contributed by atoms with van der Waals surface area (Å²) in [7, 11) is 0. The quantitative estimate of drug-likeness (QED) is 0.737. The van der Waals surface area contributed by atoms with E-state index in [-0.39, 0.29) is 5.91 Å². The molecule has 1 heterocycles. The first kappa shape index (κ1) is 17.5. The van der Waals surface area contributed by atoms with Gasteiger partial charge in [0.2, 0.25) is 5.91 Å². The molecule has 0 aliphatic heterocycles. The van der Waals surface area contributed by atoms with Gasteiger partial charge >= 0.3 is 0 Å². The van der Waals surface area contributed by atoms with Crippen LogP contribution in [0.2, 0.25) is 0 Å². The summed E-state index contributed by atoms with van der Waals surface area (Å²) in [5.74, 6) is -0.944. The fourth-order valence-electron chi connectivity index (χ4n) is 2.69. The zero-order chi connectivity index (χ0) is 18.7. The van der Waals surface area contributed by atoms with E-state index in [1.807, 2.05) is 44.2 Å². The average Bonchev–Trinajstić information content (AvgIpc) is 2.62. The summed E-state index contributed by atoms with van der Waals surface area (Å²) in [5, 5.41) is 2.71. The number of nitrogens with one attached hydrogen (secondary N) is 1. The van der Waals surface area contributed by atoms with Crippen LogP contribution in [0.1, 0.15) is 27.3 Å². The van der Waals surface area contributed by atoms with Gasteiger partial charge in [-0.3, -0.25) is 9.59 Å². The van der Waals surface area contributed by atoms with Gasteiger partial charge in [0.05, 0.1) is 22.4 Å². The van der Waals surface area contributed by atoms with Crippen LogP contribution in [0, 0.1) is 13.8 Å². The number of carbonyl (C=O) groups is 2. The minimum atomic E-state index is -0.786. The molecule has 1 atom stereocenters. The highest BCUT2D eigenvalue weighted by Gasteiger charge is 2.20. The van der Waals surface area contributed by atoms with Crippen molar-refractivity contribution in [1.29, 1.82) is 0 Å². The van der Waals surface area contributed by atoms with Crippen molar-refractivity contribution >= 4 is 22.8 Å². The number of nitrogens with zero attached hydrogens (tertiary/aromatic N) is 2. The molecular weight excluding hydrogens is 328 g/mol. The summed E-state index contributed by atoms with van der Waals surface area (Å²) in [6.07, 6.45) is 0.341. The van der Waals surface area contributed by atoms with E-state index >= 15 is 0 Å². The van der Waals surface area contributed by atoms with Crippen LogP contribution < -0.4 is 11.1 Å². The standard InChI is InChI=1S/C20H20N4O2/c1-12-13(2)23-17-11-15(8-9-16(17)22-12)20(26)24-18(19(21)25)10-14-6-4-3-5-7-14/h3-9,11,18H,10H2,1-2H3,(H2,21,25)(H,24,26). The van der Waals surface area contributed by atoms with Crippen molar-refractivity contribution in [2.45, 2.75) is 26.3 Å². The third-order valence-electron chi connectivity index (χ3n) is 4.27. The molecule has 132 valence electrons. The summed E-state index contributed by atoms with van der Waals surface area (Å²) in [4.78, 5) is 33.2. The molecule has 1 aromatic heterocycles. The largest absolute Gasteiger partial charge is 0.368 e.